The molecule has 25 heavy (non-hydrogen) atoms. The van der Waals surface area contributed by atoms with Crippen LogP contribution in [0.3, 0.4) is 0 Å². The lowest BCUT2D eigenvalue weighted by molar-refractivity contribution is -0.125. The first-order valence-corrected chi connectivity index (χ1v) is 8.06. The van der Waals surface area contributed by atoms with Crippen LogP contribution < -0.4 is 15.0 Å². The first-order chi connectivity index (χ1) is 12.0. The van der Waals surface area contributed by atoms with Crippen LogP contribution in [0.15, 0.2) is 42.5 Å². The Bertz CT molecular complexity index is 805. The van der Waals surface area contributed by atoms with Crippen molar-refractivity contribution in [2.24, 2.45) is 0 Å². The predicted molar refractivity (Wildman–Crippen MR) is 92.4 cm³/mol. The van der Waals surface area contributed by atoms with Gasteiger partial charge >= 0.3 is 0 Å². The van der Waals surface area contributed by atoms with E-state index in [1.54, 1.807) is 18.9 Å². The fourth-order valence-corrected chi connectivity index (χ4v) is 2.74. The van der Waals surface area contributed by atoms with Gasteiger partial charge in [-0.1, -0.05) is 6.07 Å². The molecule has 1 unspecified atom stereocenters. The molecule has 0 saturated carbocycles. The molecule has 3 rings (SSSR count). The summed E-state index contributed by atoms with van der Waals surface area (Å²) in [5, 5.41) is 2.80. The van der Waals surface area contributed by atoms with Gasteiger partial charge in [0.15, 0.2) is 6.10 Å². The summed E-state index contributed by atoms with van der Waals surface area (Å²) in [5.41, 5.74) is 2.13. The molecular formula is C19H19FN2O3. The Balaban J connectivity index is 1.62. The van der Waals surface area contributed by atoms with Crippen molar-refractivity contribution in [2.45, 2.75) is 19.4 Å². The molecule has 1 atom stereocenters. The smallest absolute Gasteiger partial charge is 0.267 e. The number of halogens is 1. The van der Waals surface area contributed by atoms with Gasteiger partial charge in [-0.2, -0.15) is 0 Å². The number of carbonyl (C=O) groups excluding carboxylic acids is 2. The van der Waals surface area contributed by atoms with E-state index in [-0.39, 0.29) is 17.6 Å². The second-order valence-electron chi connectivity index (χ2n) is 5.97. The van der Waals surface area contributed by atoms with Crippen LogP contribution in [-0.2, 0) is 11.2 Å². The van der Waals surface area contributed by atoms with E-state index in [9.17, 15) is 14.0 Å². The summed E-state index contributed by atoms with van der Waals surface area (Å²) in [7, 11) is 1.72. The highest BCUT2D eigenvalue weighted by Crippen LogP contribution is 2.33. The van der Waals surface area contributed by atoms with E-state index in [2.05, 4.69) is 5.32 Å². The van der Waals surface area contributed by atoms with Crippen LogP contribution in [-0.4, -0.2) is 31.5 Å². The lowest BCUT2D eigenvalue weighted by Gasteiger charge is -2.30. The van der Waals surface area contributed by atoms with E-state index in [4.69, 9.17) is 4.74 Å². The van der Waals surface area contributed by atoms with Crippen LogP contribution in [0.2, 0.25) is 0 Å². The molecule has 1 heterocycles. The van der Waals surface area contributed by atoms with Crippen molar-refractivity contribution in [1.82, 2.24) is 5.32 Å². The van der Waals surface area contributed by atoms with Crippen molar-refractivity contribution in [3.63, 3.8) is 0 Å². The van der Waals surface area contributed by atoms with Crippen molar-refractivity contribution < 1.29 is 18.7 Å². The molecule has 0 saturated heterocycles. The first-order valence-electron chi connectivity index (χ1n) is 8.06. The van der Waals surface area contributed by atoms with Gasteiger partial charge in [-0.15, -0.1) is 0 Å². The molecule has 0 bridgehead atoms. The molecule has 6 heteroatoms. The third kappa shape index (κ3) is 3.63. The summed E-state index contributed by atoms with van der Waals surface area (Å²) >= 11 is 0. The van der Waals surface area contributed by atoms with Crippen LogP contribution >= 0.6 is 0 Å². The Morgan fingerprint density at radius 2 is 1.96 bits per heavy atom. The number of nitrogens with zero attached hydrogens (tertiary/aromatic N) is 1. The maximum absolute atomic E-state index is 12.9. The van der Waals surface area contributed by atoms with Gasteiger partial charge in [-0.3, -0.25) is 9.59 Å². The largest absolute Gasteiger partial charge is 0.479 e. The molecule has 2 amide bonds. The molecule has 0 radical (unpaired) electrons. The fraction of sp³-hybridized carbons (Fsp3) is 0.263. The molecule has 130 valence electrons. The highest BCUT2D eigenvalue weighted by atomic mass is 19.1. The molecule has 2 aromatic rings. The molecule has 1 aliphatic heterocycles. The number of nitrogens with one attached hydrogen (secondary N) is 1. The highest BCUT2D eigenvalue weighted by Gasteiger charge is 2.28. The number of hydrogen-bond acceptors (Lipinski definition) is 3. The van der Waals surface area contributed by atoms with E-state index in [1.807, 2.05) is 18.2 Å². The second-order valence-corrected chi connectivity index (χ2v) is 5.97. The summed E-state index contributed by atoms with van der Waals surface area (Å²) in [6.07, 6.45) is 0.121. The third-order valence-corrected chi connectivity index (χ3v) is 4.17. The number of likely N-dealkylation sites (N-methyl/N-ethyl adjacent to an activating group) is 1. The molecule has 0 aliphatic carbocycles. The number of carbonyl (C=O) groups is 2. The zero-order chi connectivity index (χ0) is 18.0. The van der Waals surface area contributed by atoms with Crippen molar-refractivity contribution in [3.05, 3.63) is 59.4 Å². The Morgan fingerprint density at radius 3 is 2.68 bits per heavy atom. The highest BCUT2D eigenvalue weighted by molar-refractivity contribution is 5.99. The molecule has 1 N–H and O–H groups in total. The standard InChI is InChI=1S/C19H19FN2O3/c1-12-19(24)22(2)16-11-13(3-8-17(16)25-12)9-10-21-18(23)14-4-6-15(20)7-5-14/h3-8,11-12H,9-10H2,1-2H3,(H,21,23). The van der Waals surface area contributed by atoms with Gasteiger partial charge in [-0.25, -0.2) is 4.39 Å². The topological polar surface area (TPSA) is 58.6 Å². The van der Waals surface area contributed by atoms with Crippen LogP contribution in [0.25, 0.3) is 0 Å². The van der Waals surface area contributed by atoms with E-state index < -0.39 is 6.10 Å². The molecule has 2 aromatic carbocycles. The number of amides is 2. The summed E-state index contributed by atoms with van der Waals surface area (Å²) in [6, 6.07) is 11.1. The van der Waals surface area contributed by atoms with Crippen LogP contribution in [0.1, 0.15) is 22.8 Å². The molecule has 1 aliphatic rings. The lowest BCUT2D eigenvalue weighted by Crippen LogP contribution is -2.42. The Labute approximate surface area is 145 Å². The zero-order valence-electron chi connectivity index (χ0n) is 14.1. The number of rotatable bonds is 4. The van der Waals surface area contributed by atoms with Crippen molar-refractivity contribution in [2.75, 3.05) is 18.5 Å². The van der Waals surface area contributed by atoms with Gasteiger partial charge < -0.3 is 15.0 Å². The van der Waals surface area contributed by atoms with Crippen LogP contribution in [0.4, 0.5) is 10.1 Å². The fourth-order valence-electron chi connectivity index (χ4n) is 2.74. The minimum absolute atomic E-state index is 0.0886. The SMILES string of the molecule is CC1Oc2ccc(CCNC(=O)c3ccc(F)cc3)cc2N(C)C1=O. The van der Waals surface area contributed by atoms with Crippen molar-refractivity contribution in [1.29, 1.82) is 0 Å². The number of benzene rings is 2. The average Bonchev–Trinajstić information content (AvgIpc) is 2.61. The van der Waals surface area contributed by atoms with Gasteiger partial charge in [-0.05, 0) is 55.3 Å². The predicted octanol–water partition coefficient (Wildman–Crippen LogP) is 2.54. The molecular weight excluding hydrogens is 323 g/mol. The van der Waals surface area contributed by atoms with E-state index in [1.165, 1.54) is 24.3 Å². The van der Waals surface area contributed by atoms with Crippen LogP contribution in [0.5, 0.6) is 5.75 Å². The van der Waals surface area contributed by atoms with Gasteiger partial charge in [0.25, 0.3) is 11.8 Å². The summed E-state index contributed by atoms with van der Waals surface area (Å²) in [4.78, 5) is 25.6. The first kappa shape index (κ1) is 17.0. The van der Waals surface area contributed by atoms with Crippen molar-refractivity contribution >= 4 is 17.5 Å². The normalized spacial score (nSPS) is 16.2. The number of anilines is 1. The Kier molecular flexibility index (Phi) is 4.70. The zero-order valence-corrected chi connectivity index (χ0v) is 14.1. The van der Waals surface area contributed by atoms with Gasteiger partial charge in [0.2, 0.25) is 0 Å². The minimum Gasteiger partial charge on any atom is -0.479 e. The summed E-state index contributed by atoms with van der Waals surface area (Å²) in [5.74, 6) is -0.0359. The second kappa shape index (κ2) is 6.93. The Morgan fingerprint density at radius 1 is 1.24 bits per heavy atom. The molecule has 0 fully saturated rings. The number of hydrogen-bond donors (Lipinski definition) is 1. The summed E-state index contributed by atoms with van der Waals surface area (Å²) in [6.45, 7) is 2.16. The van der Waals surface area contributed by atoms with E-state index in [0.717, 1.165) is 11.3 Å². The maximum atomic E-state index is 12.9. The Hall–Kier alpha value is -2.89. The molecule has 0 aromatic heterocycles. The minimum atomic E-state index is -0.488. The van der Waals surface area contributed by atoms with E-state index >= 15 is 0 Å². The lowest BCUT2D eigenvalue weighted by atomic mass is 10.1. The average molecular weight is 342 g/mol. The third-order valence-electron chi connectivity index (χ3n) is 4.17. The van der Waals surface area contributed by atoms with Gasteiger partial charge in [0.05, 0.1) is 5.69 Å². The monoisotopic (exact) mass is 342 g/mol. The van der Waals surface area contributed by atoms with Crippen LogP contribution in [0, 0.1) is 5.82 Å². The number of ether oxygens (including phenoxy) is 1. The van der Waals surface area contributed by atoms with Gasteiger partial charge in [0, 0.05) is 19.2 Å². The van der Waals surface area contributed by atoms with Crippen molar-refractivity contribution in [3.8, 4) is 5.75 Å². The summed E-state index contributed by atoms with van der Waals surface area (Å²) < 4.78 is 18.5. The molecule has 5 nitrogen and oxygen atoms in total. The molecule has 0 spiro atoms. The van der Waals surface area contributed by atoms with Gasteiger partial charge in [0.1, 0.15) is 11.6 Å². The quantitative estimate of drug-likeness (QED) is 0.929. The maximum Gasteiger partial charge on any atom is 0.267 e. The number of fused-ring (bicyclic) bond motifs is 1. The van der Waals surface area contributed by atoms with E-state index in [0.29, 0.717) is 24.3 Å².